The minimum atomic E-state index is -1.30. The van der Waals surface area contributed by atoms with Gasteiger partial charge in [0.05, 0.1) is 12.7 Å². The Kier molecular flexibility index (Phi) is 6.13. The summed E-state index contributed by atoms with van der Waals surface area (Å²) in [6, 6.07) is 18.9. The zero-order valence-corrected chi connectivity index (χ0v) is 12.5. The maximum atomic E-state index is 11.8. The van der Waals surface area contributed by atoms with E-state index in [1.54, 1.807) is 6.92 Å². The Bertz CT molecular complexity index is 568. The van der Waals surface area contributed by atoms with Gasteiger partial charge in [0.1, 0.15) is 6.61 Å². The van der Waals surface area contributed by atoms with Crippen LogP contribution < -0.4 is 0 Å². The zero-order chi connectivity index (χ0) is 15.8. The van der Waals surface area contributed by atoms with Gasteiger partial charge in [-0.05, 0) is 18.1 Å². The summed E-state index contributed by atoms with van der Waals surface area (Å²) in [5.41, 5.74) is 1.86. The fourth-order valence-corrected chi connectivity index (χ4v) is 1.90. The lowest BCUT2D eigenvalue weighted by atomic mass is 10.2. The van der Waals surface area contributed by atoms with Crippen LogP contribution in [0.3, 0.4) is 0 Å². The SMILES string of the molecule is CC(OCc1ccccc1)C(O)C(=O)OCc1ccccc1. The highest BCUT2D eigenvalue weighted by molar-refractivity contribution is 5.75. The molecule has 0 heterocycles. The van der Waals surface area contributed by atoms with Crippen LogP contribution in [0.5, 0.6) is 0 Å². The fourth-order valence-electron chi connectivity index (χ4n) is 1.90. The van der Waals surface area contributed by atoms with Crippen LogP contribution in [-0.4, -0.2) is 23.3 Å². The largest absolute Gasteiger partial charge is 0.459 e. The maximum Gasteiger partial charge on any atom is 0.338 e. The van der Waals surface area contributed by atoms with Crippen molar-refractivity contribution in [1.82, 2.24) is 0 Å². The number of rotatable bonds is 7. The number of benzene rings is 2. The van der Waals surface area contributed by atoms with E-state index in [0.29, 0.717) is 6.61 Å². The second-order valence-electron chi connectivity index (χ2n) is 5.04. The summed E-state index contributed by atoms with van der Waals surface area (Å²) in [4.78, 5) is 11.8. The smallest absolute Gasteiger partial charge is 0.338 e. The van der Waals surface area contributed by atoms with Crippen LogP contribution in [0.1, 0.15) is 18.1 Å². The summed E-state index contributed by atoms with van der Waals surface area (Å²) < 4.78 is 10.6. The molecule has 0 aliphatic carbocycles. The second-order valence-corrected chi connectivity index (χ2v) is 5.04. The third-order valence-electron chi connectivity index (χ3n) is 3.27. The molecule has 116 valence electrons. The molecule has 0 saturated carbocycles. The number of ether oxygens (including phenoxy) is 2. The van der Waals surface area contributed by atoms with Gasteiger partial charge in [0.2, 0.25) is 0 Å². The monoisotopic (exact) mass is 300 g/mol. The molecular weight excluding hydrogens is 280 g/mol. The fraction of sp³-hybridized carbons (Fsp3) is 0.278. The molecule has 0 aromatic heterocycles. The summed E-state index contributed by atoms with van der Waals surface area (Å²) >= 11 is 0. The van der Waals surface area contributed by atoms with Crippen molar-refractivity contribution < 1.29 is 19.4 Å². The summed E-state index contributed by atoms with van der Waals surface area (Å²) in [5.74, 6) is -0.676. The van der Waals surface area contributed by atoms with Crippen molar-refractivity contribution in [3.63, 3.8) is 0 Å². The van der Waals surface area contributed by atoms with Crippen molar-refractivity contribution in [3.05, 3.63) is 71.8 Å². The van der Waals surface area contributed by atoms with E-state index in [1.807, 2.05) is 60.7 Å². The van der Waals surface area contributed by atoms with Crippen LogP contribution in [-0.2, 0) is 27.5 Å². The Morgan fingerprint density at radius 2 is 1.45 bits per heavy atom. The van der Waals surface area contributed by atoms with Crippen LogP contribution >= 0.6 is 0 Å². The zero-order valence-electron chi connectivity index (χ0n) is 12.5. The number of aliphatic hydroxyl groups excluding tert-OH is 1. The van der Waals surface area contributed by atoms with Crippen LogP contribution in [0, 0.1) is 0 Å². The van der Waals surface area contributed by atoms with Gasteiger partial charge in [-0.2, -0.15) is 0 Å². The number of carbonyl (C=O) groups is 1. The Balaban J connectivity index is 1.77. The molecule has 2 aromatic carbocycles. The van der Waals surface area contributed by atoms with Crippen LogP contribution in [0.2, 0.25) is 0 Å². The summed E-state index contributed by atoms with van der Waals surface area (Å²) in [5, 5.41) is 9.94. The van der Waals surface area contributed by atoms with Gasteiger partial charge in [-0.25, -0.2) is 4.79 Å². The predicted molar refractivity (Wildman–Crippen MR) is 82.9 cm³/mol. The lowest BCUT2D eigenvalue weighted by molar-refractivity contribution is -0.163. The summed E-state index contributed by atoms with van der Waals surface area (Å²) in [7, 11) is 0. The van der Waals surface area contributed by atoms with Crippen LogP contribution in [0.4, 0.5) is 0 Å². The van der Waals surface area contributed by atoms with E-state index in [4.69, 9.17) is 9.47 Å². The summed E-state index contributed by atoms with van der Waals surface area (Å²) in [6.45, 7) is 2.13. The second kappa shape index (κ2) is 8.32. The minimum Gasteiger partial charge on any atom is -0.459 e. The molecule has 0 saturated heterocycles. The van der Waals surface area contributed by atoms with Gasteiger partial charge in [0.15, 0.2) is 6.10 Å². The van der Waals surface area contributed by atoms with E-state index in [9.17, 15) is 9.90 Å². The van der Waals surface area contributed by atoms with E-state index in [2.05, 4.69) is 0 Å². The Hall–Kier alpha value is -2.17. The minimum absolute atomic E-state index is 0.141. The van der Waals surface area contributed by atoms with Crippen molar-refractivity contribution in [2.24, 2.45) is 0 Å². The molecule has 0 bridgehead atoms. The number of esters is 1. The molecule has 1 N–H and O–H groups in total. The van der Waals surface area contributed by atoms with Crippen molar-refractivity contribution in [1.29, 1.82) is 0 Å². The summed E-state index contributed by atoms with van der Waals surface area (Å²) in [6.07, 6.45) is -1.93. The molecule has 0 spiro atoms. The first-order chi connectivity index (χ1) is 10.7. The van der Waals surface area contributed by atoms with E-state index < -0.39 is 18.2 Å². The first-order valence-corrected chi connectivity index (χ1v) is 7.21. The molecule has 4 heteroatoms. The first-order valence-electron chi connectivity index (χ1n) is 7.21. The van der Waals surface area contributed by atoms with Crippen molar-refractivity contribution >= 4 is 5.97 Å². The third-order valence-corrected chi connectivity index (χ3v) is 3.27. The van der Waals surface area contributed by atoms with Gasteiger partial charge in [-0.15, -0.1) is 0 Å². The lowest BCUT2D eigenvalue weighted by Gasteiger charge is -2.18. The highest BCUT2D eigenvalue weighted by atomic mass is 16.6. The maximum absolute atomic E-state index is 11.8. The normalized spacial score (nSPS) is 13.4. The van der Waals surface area contributed by atoms with E-state index in [0.717, 1.165) is 11.1 Å². The van der Waals surface area contributed by atoms with E-state index >= 15 is 0 Å². The molecule has 2 rings (SSSR count). The van der Waals surface area contributed by atoms with Gasteiger partial charge >= 0.3 is 5.97 Å². The molecule has 0 fully saturated rings. The van der Waals surface area contributed by atoms with Crippen LogP contribution in [0.15, 0.2) is 60.7 Å². The molecule has 0 radical (unpaired) electrons. The molecule has 0 aliphatic rings. The first kappa shape index (κ1) is 16.2. The van der Waals surface area contributed by atoms with Gasteiger partial charge in [-0.3, -0.25) is 0 Å². The number of hydrogen-bond acceptors (Lipinski definition) is 4. The van der Waals surface area contributed by atoms with Crippen molar-refractivity contribution in [3.8, 4) is 0 Å². The molecule has 22 heavy (non-hydrogen) atoms. The highest BCUT2D eigenvalue weighted by Gasteiger charge is 2.24. The van der Waals surface area contributed by atoms with Gasteiger partial charge in [-0.1, -0.05) is 60.7 Å². The van der Waals surface area contributed by atoms with E-state index in [1.165, 1.54) is 0 Å². The topological polar surface area (TPSA) is 55.8 Å². The average molecular weight is 300 g/mol. The molecule has 2 unspecified atom stereocenters. The van der Waals surface area contributed by atoms with Crippen LogP contribution in [0.25, 0.3) is 0 Å². The molecule has 4 nitrogen and oxygen atoms in total. The molecule has 0 amide bonds. The quantitative estimate of drug-likeness (QED) is 0.799. The molecule has 0 aliphatic heterocycles. The standard InChI is InChI=1S/C18H20O4/c1-14(21-12-15-8-4-2-5-9-15)17(19)18(20)22-13-16-10-6-3-7-11-16/h2-11,14,17,19H,12-13H2,1H3. The average Bonchev–Trinajstić information content (AvgIpc) is 2.58. The Morgan fingerprint density at radius 1 is 0.955 bits per heavy atom. The number of carbonyl (C=O) groups excluding carboxylic acids is 1. The lowest BCUT2D eigenvalue weighted by Crippen LogP contribution is -2.35. The third kappa shape index (κ3) is 4.98. The number of hydrogen-bond donors (Lipinski definition) is 1. The van der Waals surface area contributed by atoms with E-state index in [-0.39, 0.29) is 6.61 Å². The molecule has 2 aromatic rings. The van der Waals surface area contributed by atoms with Gasteiger partial charge in [0.25, 0.3) is 0 Å². The Labute approximate surface area is 130 Å². The molecular formula is C18H20O4. The highest BCUT2D eigenvalue weighted by Crippen LogP contribution is 2.08. The molecule has 2 atom stereocenters. The number of aliphatic hydroxyl groups is 1. The Morgan fingerprint density at radius 3 is 2.00 bits per heavy atom. The van der Waals surface area contributed by atoms with Gasteiger partial charge in [0, 0.05) is 0 Å². The van der Waals surface area contributed by atoms with Gasteiger partial charge < -0.3 is 14.6 Å². The van der Waals surface area contributed by atoms with Crippen molar-refractivity contribution in [2.75, 3.05) is 0 Å². The predicted octanol–water partition coefficient (Wildman–Crippen LogP) is 2.70. The van der Waals surface area contributed by atoms with Crippen molar-refractivity contribution in [2.45, 2.75) is 32.3 Å².